The molecule has 1 aromatic carbocycles. The molecule has 0 spiro atoms. The number of benzene rings is 1. The van der Waals surface area contributed by atoms with E-state index in [1.165, 1.54) is 0 Å². The summed E-state index contributed by atoms with van der Waals surface area (Å²) in [5, 5.41) is 9.72. The van der Waals surface area contributed by atoms with Gasteiger partial charge in [-0.1, -0.05) is 6.92 Å². The van der Waals surface area contributed by atoms with Crippen molar-refractivity contribution in [3.05, 3.63) is 23.8 Å². The molecule has 1 aromatic rings. The highest BCUT2D eigenvalue weighted by Crippen LogP contribution is 2.34. The topological polar surface area (TPSA) is 115 Å². The Morgan fingerprint density at radius 3 is 2.30 bits per heavy atom. The second-order valence-corrected chi connectivity index (χ2v) is 11.7. The minimum absolute atomic E-state index is 0.0850. The molecule has 3 atom stereocenters. The van der Waals surface area contributed by atoms with E-state index in [0.29, 0.717) is 69.2 Å². The fourth-order valence-corrected chi connectivity index (χ4v) is 4.95. The number of aliphatic carboxylic acids is 1. The second-order valence-electron chi connectivity index (χ2n) is 11.7. The highest BCUT2D eigenvalue weighted by Gasteiger charge is 2.40. The van der Waals surface area contributed by atoms with E-state index in [4.69, 9.17) is 18.9 Å². The van der Waals surface area contributed by atoms with Crippen molar-refractivity contribution in [3.63, 3.8) is 0 Å². The minimum atomic E-state index is -0.843. The lowest BCUT2D eigenvalue weighted by molar-refractivity contribution is -0.142. The lowest BCUT2D eigenvalue weighted by Crippen LogP contribution is -2.42. The molecule has 1 heterocycles. The number of rotatable bonds is 14. The number of methoxy groups -OCH3 is 2. The van der Waals surface area contributed by atoms with Gasteiger partial charge in [0.2, 0.25) is 0 Å². The van der Waals surface area contributed by atoms with Gasteiger partial charge in [0.05, 0.1) is 19.6 Å². The van der Waals surface area contributed by atoms with Gasteiger partial charge in [0.25, 0.3) is 5.91 Å². The van der Waals surface area contributed by atoms with Gasteiger partial charge < -0.3 is 33.9 Å². The molecule has 1 N–H and O–H groups in total. The van der Waals surface area contributed by atoms with Crippen LogP contribution in [0.2, 0.25) is 0 Å². The highest BCUT2D eigenvalue weighted by molar-refractivity contribution is 5.95. The summed E-state index contributed by atoms with van der Waals surface area (Å²) in [5.74, 6) is -0.699. The van der Waals surface area contributed by atoms with Crippen molar-refractivity contribution in [2.45, 2.75) is 72.4 Å². The summed E-state index contributed by atoms with van der Waals surface area (Å²) in [6.45, 7) is 13.4. The standard InChI is InChI=1S/C30H48N2O8/c1-9-21(28(34)35)15-23-17-31(29(36)40-30(4,5)6)18-24(23)19-32(20(2)3)27(33)22-11-12-25(38-8)26(16-22)39-14-10-13-37-7/h11-12,16,20-21,23-24H,9-10,13-15,17-19H2,1-8H3,(H,34,35)/t21-,23-,24+/m1/s1. The largest absolute Gasteiger partial charge is 0.493 e. The Morgan fingerprint density at radius 1 is 1.07 bits per heavy atom. The predicted molar refractivity (Wildman–Crippen MR) is 152 cm³/mol. The van der Waals surface area contributed by atoms with Gasteiger partial charge in [-0.25, -0.2) is 4.79 Å². The molecule has 0 saturated carbocycles. The zero-order valence-electron chi connectivity index (χ0n) is 25.4. The van der Waals surface area contributed by atoms with Crippen molar-refractivity contribution in [1.82, 2.24) is 9.80 Å². The Bertz CT molecular complexity index is 990. The van der Waals surface area contributed by atoms with Gasteiger partial charge in [-0.2, -0.15) is 0 Å². The van der Waals surface area contributed by atoms with Crippen molar-refractivity contribution in [1.29, 1.82) is 0 Å². The molecule has 10 heteroatoms. The van der Waals surface area contributed by atoms with E-state index in [2.05, 4.69) is 0 Å². The number of carbonyl (C=O) groups is 3. The van der Waals surface area contributed by atoms with Crippen molar-refractivity contribution >= 4 is 18.0 Å². The molecule has 1 aliphatic rings. The highest BCUT2D eigenvalue weighted by atomic mass is 16.6. The van der Waals surface area contributed by atoms with Crippen LogP contribution in [0.4, 0.5) is 4.79 Å². The van der Waals surface area contributed by atoms with Crippen LogP contribution in [0, 0.1) is 17.8 Å². The maximum absolute atomic E-state index is 13.8. The third-order valence-electron chi connectivity index (χ3n) is 7.13. The van der Waals surface area contributed by atoms with Gasteiger partial charge in [0.15, 0.2) is 11.5 Å². The van der Waals surface area contributed by atoms with Gasteiger partial charge in [-0.15, -0.1) is 0 Å². The number of hydrogen-bond acceptors (Lipinski definition) is 7. The molecule has 1 aliphatic heterocycles. The van der Waals surface area contributed by atoms with E-state index < -0.39 is 23.6 Å². The zero-order chi connectivity index (χ0) is 30.0. The molecule has 2 rings (SSSR count). The Labute approximate surface area is 238 Å². The first-order chi connectivity index (χ1) is 18.8. The maximum Gasteiger partial charge on any atom is 0.410 e. The molecule has 40 heavy (non-hydrogen) atoms. The molecule has 0 radical (unpaired) electrons. The lowest BCUT2D eigenvalue weighted by Gasteiger charge is -2.32. The first-order valence-electron chi connectivity index (χ1n) is 14.1. The van der Waals surface area contributed by atoms with Gasteiger partial charge in [-0.05, 0) is 77.5 Å². The van der Waals surface area contributed by atoms with Crippen LogP contribution in [0.5, 0.6) is 11.5 Å². The number of carboxylic acid groups (broad SMARTS) is 1. The summed E-state index contributed by atoms with van der Waals surface area (Å²) < 4.78 is 22.0. The average Bonchev–Trinajstić information content (AvgIpc) is 3.29. The van der Waals surface area contributed by atoms with Crippen LogP contribution in [0.25, 0.3) is 0 Å². The second kappa shape index (κ2) is 15.1. The third-order valence-corrected chi connectivity index (χ3v) is 7.13. The predicted octanol–water partition coefficient (Wildman–Crippen LogP) is 4.95. The van der Waals surface area contributed by atoms with E-state index in [1.54, 1.807) is 42.2 Å². The monoisotopic (exact) mass is 564 g/mol. The number of hydrogen-bond donors (Lipinski definition) is 1. The van der Waals surface area contributed by atoms with Crippen molar-refractivity contribution in [2.24, 2.45) is 17.8 Å². The molecule has 10 nitrogen and oxygen atoms in total. The SMILES string of the molecule is CC[C@H](C[C@@H]1CN(C(=O)OC(C)(C)C)C[C@H]1CN(C(=O)c1ccc(OC)c(OCCCOC)c1)C(C)C)C(=O)O. The van der Waals surface area contributed by atoms with Gasteiger partial charge >= 0.3 is 12.1 Å². The van der Waals surface area contributed by atoms with Crippen LogP contribution in [-0.4, -0.2) is 91.6 Å². The number of ether oxygens (including phenoxy) is 4. The number of nitrogens with zero attached hydrogens (tertiary/aromatic N) is 2. The fourth-order valence-electron chi connectivity index (χ4n) is 4.95. The molecule has 2 amide bonds. The minimum Gasteiger partial charge on any atom is -0.493 e. The van der Waals surface area contributed by atoms with E-state index in [9.17, 15) is 19.5 Å². The quantitative estimate of drug-likeness (QED) is 0.316. The van der Waals surface area contributed by atoms with E-state index >= 15 is 0 Å². The summed E-state index contributed by atoms with van der Waals surface area (Å²) in [6, 6.07) is 5.01. The summed E-state index contributed by atoms with van der Waals surface area (Å²) in [4.78, 5) is 42.0. The molecule has 1 saturated heterocycles. The van der Waals surface area contributed by atoms with Crippen molar-refractivity contribution in [3.8, 4) is 11.5 Å². The molecule has 226 valence electrons. The van der Waals surface area contributed by atoms with Crippen LogP contribution in [0.3, 0.4) is 0 Å². The molecule has 0 aromatic heterocycles. The Morgan fingerprint density at radius 2 is 1.75 bits per heavy atom. The summed E-state index contributed by atoms with van der Waals surface area (Å²) in [7, 11) is 3.18. The first-order valence-corrected chi connectivity index (χ1v) is 14.1. The third kappa shape index (κ3) is 9.57. The molecular weight excluding hydrogens is 516 g/mol. The van der Waals surface area contributed by atoms with Crippen molar-refractivity contribution in [2.75, 3.05) is 47.1 Å². The molecular formula is C30H48N2O8. The smallest absolute Gasteiger partial charge is 0.410 e. The normalized spacial score (nSPS) is 18.0. The van der Waals surface area contributed by atoms with Crippen LogP contribution >= 0.6 is 0 Å². The lowest BCUT2D eigenvalue weighted by atomic mass is 9.85. The molecule has 0 bridgehead atoms. The van der Waals surface area contributed by atoms with Crippen LogP contribution in [0.1, 0.15) is 71.2 Å². The molecule has 1 fully saturated rings. The van der Waals surface area contributed by atoms with Crippen LogP contribution in [0.15, 0.2) is 18.2 Å². The summed E-state index contributed by atoms with van der Waals surface area (Å²) in [6.07, 6.45) is 1.20. The van der Waals surface area contributed by atoms with E-state index in [1.807, 2.05) is 41.5 Å². The first kappa shape index (κ1) is 33.2. The van der Waals surface area contributed by atoms with Gasteiger partial charge in [0.1, 0.15) is 5.60 Å². The van der Waals surface area contributed by atoms with Gasteiger partial charge in [0, 0.05) is 51.4 Å². The number of amides is 2. The Kier molecular flexibility index (Phi) is 12.5. The summed E-state index contributed by atoms with van der Waals surface area (Å²) >= 11 is 0. The van der Waals surface area contributed by atoms with Crippen molar-refractivity contribution < 1.29 is 38.4 Å². The number of carbonyl (C=O) groups excluding carboxylic acids is 2. The zero-order valence-corrected chi connectivity index (χ0v) is 25.4. The van der Waals surface area contributed by atoms with E-state index in [0.717, 1.165) is 0 Å². The summed E-state index contributed by atoms with van der Waals surface area (Å²) in [5.41, 5.74) is -0.179. The number of likely N-dealkylation sites (tertiary alicyclic amines) is 1. The van der Waals surface area contributed by atoms with E-state index in [-0.39, 0.29) is 23.8 Å². The average molecular weight is 565 g/mol. The Hall–Kier alpha value is -3.01. The maximum atomic E-state index is 13.8. The number of carboxylic acids is 1. The van der Waals surface area contributed by atoms with Gasteiger partial charge in [-0.3, -0.25) is 9.59 Å². The van der Waals surface area contributed by atoms with Crippen LogP contribution in [-0.2, 0) is 14.3 Å². The fraction of sp³-hybridized carbons (Fsp3) is 0.700. The Balaban J connectivity index is 2.30. The molecule has 0 aliphatic carbocycles. The molecule has 0 unspecified atom stereocenters. The van der Waals surface area contributed by atoms with Crippen LogP contribution < -0.4 is 9.47 Å².